The third kappa shape index (κ3) is 3.41. The maximum absolute atomic E-state index is 12.6. The van der Waals surface area contributed by atoms with Crippen molar-refractivity contribution in [3.8, 4) is 0 Å². The van der Waals surface area contributed by atoms with Gasteiger partial charge in [0.1, 0.15) is 0 Å². The number of piperidine rings is 1. The van der Waals surface area contributed by atoms with Crippen molar-refractivity contribution in [1.82, 2.24) is 10.6 Å². The van der Waals surface area contributed by atoms with E-state index in [4.69, 9.17) is 0 Å². The minimum absolute atomic E-state index is 0. The number of benzene rings is 1. The molecule has 1 aromatic rings. The number of hydrogen-bond donors (Lipinski definition) is 2. The summed E-state index contributed by atoms with van der Waals surface area (Å²) < 4.78 is 0. The molecular formula is C17H25ClN2O. The fraction of sp³-hybridized carbons (Fsp3) is 0.588. The first-order valence-electron chi connectivity index (χ1n) is 7.79. The zero-order valence-electron chi connectivity index (χ0n) is 12.6. The molecule has 1 saturated carbocycles. The zero-order chi connectivity index (χ0) is 14.0. The monoisotopic (exact) mass is 308 g/mol. The third-order valence-electron chi connectivity index (χ3n) is 4.91. The van der Waals surface area contributed by atoms with Gasteiger partial charge in [0.05, 0.1) is 5.41 Å². The van der Waals surface area contributed by atoms with E-state index < -0.39 is 0 Å². The summed E-state index contributed by atoms with van der Waals surface area (Å²) in [6.07, 6.45) is 4.40. The molecule has 0 aromatic heterocycles. The molecule has 2 unspecified atom stereocenters. The summed E-state index contributed by atoms with van der Waals surface area (Å²) in [5.41, 5.74) is 0.934. The average molecular weight is 309 g/mol. The molecule has 3 rings (SSSR count). The molecule has 1 aliphatic carbocycles. The second-order valence-corrected chi connectivity index (χ2v) is 6.32. The highest BCUT2D eigenvalue weighted by molar-refractivity contribution is 5.91. The SMILES string of the molecule is CC(NC(=O)C1(c2ccccc2)CC1)C1CCCNC1.Cl. The fourth-order valence-electron chi connectivity index (χ4n) is 3.30. The Hall–Kier alpha value is -1.06. The lowest BCUT2D eigenvalue weighted by Gasteiger charge is -2.30. The second kappa shape index (κ2) is 6.80. The molecule has 1 aromatic carbocycles. The summed E-state index contributed by atoms with van der Waals surface area (Å²) in [7, 11) is 0. The van der Waals surface area contributed by atoms with Gasteiger partial charge in [-0.2, -0.15) is 0 Å². The van der Waals surface area contributed by atoms with Gasteiger partial charge in [0.15, 0.2) is 0 Å². The number of carbonyl (C=O) groups excluding carboxylic acids is 1. The van der Waals surface area contributed by atoms with Crippen LogP contribution < -0.4 is 10.6 Å². The van der Waals surface area contributed by atoms with E-state index in [-0.39, 0.29) is 29.8 Å². The maximum Gasteiger partial charge on any atom is 0.230 e. The van der Waals surface area contributed by atoms with Gasteiger partial charge < -0.3 is 10.6 Å². The van der Waals surface area contributed by atoms with Crippen molar-refractivity contribution in [3.05, 3.63) is 35.9 Å². The number of hydrogen-bond acceptors (Lipinski definition) is 2. The summed E-state index contributed by atoms with van der Waals surface area (Å²) in [4.78, 5) is 12.6. The van der Waals surface area contributed by atoms with Crippen molar-refractivity contribution in [2.75, 3.05) is 13.1 Å². The van der Waals surface area contributed by atoms with Crippen LogP contribution in [0.15, 0.2) is 30.3 Å². The predicted molar refractivity (Wildman–Crippen MR) is 87.8 cm³/mol. The number of carbonyl (C=O) groups is 1. The Morgan fingerprint density at radius 2 is 2.05 bits per heavy atom. The molecule has 0 radical (unpaired) electrons. The molecular weight excluding hydrogens is 284 g/mol. The van der Waals surface area contributed by atoms with Crippen molar-refractivity contribution >= 4 is 18.3 Å². The summed E-state index contributed by atoms with van der Waals surface area (Å²) in [5.74, 6) is 0.793. The first-order valence-corrected chi connectivity index (χ1v) is 7.79. The van der Waals surface area contributed by atoms with E-state index in [1.54, 1.807) is 0 Å². The minimum atomic E-state index is -0.238. The topological polar surface area (TPSA) is 41.1 Å². The number of nitrogens with one attached hydrogen (secondary N) is 2. The van der Waals surface area contributed by atoms with Crippen LogP contribution in [0.3, 0.4) is 0 Å². The summed E-state index contributed by atoms with van der Waals surface area (Å²) in [6, 6.07) is 10.5. The van der Waals surface area contributed by atoms with Gasteiger partial charge in [-0.3, -0.25) is 4.79 Å². The first kappa shape index (κ1) is 16.3. The van der Waals surface area contributed by atoms with Crippen LogP contribution in [0.1, 0.15) is 38.2 Å². The molecule has 2 N–H and O–H groups in total. The van der Waals surface area contributed by atoms with Crippen LogP contribution in [0.4, 0.5) is 0 Å². The Morgan fingerprint density at radius 3 is 2.62 bits per heavy atom. The normalized spacial score (nSPS) is 24.5. The van der Waals surface area contributed by atoms with Crippen LogP contribution in [0.2, 0.25) is 0 Å². The molecule has 2 atom stereocenters. The molecule has 0 bridgehead atoms. The van der Waals surface area contributed by atoms with Crippen molar-refractivity contribution in [3.63, 3.8) is 0 Å². The highest BCUT2D eigenvalue weighted by Gasteiger charge is 2.51. The molecule has 1 aliphatic heterocycles. The van der Waals surface area contributed by atoms with E-state index >= 15 is 0 Å². The highest BCUT2D eigenvalue weighted by atomic mass is 35.5. The summed E-state index contributed by atoms with van der Waals surface area (Å²) in [5, 5.41) is 6.70. The van der Waals surface area contributed by atoms with Crippen LogP contribution in [-0.2, 0) is 10.2 Å². The molecule has 4 heteroatoms. The Balaban J connectivity index is 0.00000161. The smallest absolute Gasteiger partial charge is 0.230 e. The Morgan fingerprint density at radius 1 is 1.33 bits per heavy atom. The van der Waals surface area contributed by atoms with E-state index in [2.05, 4.69) is 29.7 Å². The van der Waals surface area contributed by atoms with Gasteiger partial charge in [-0.1, -0.05) is 30.3 Å². The molecule has 2 aliphatic rings. The Kier molecular flexibility index (Phi) is 5.28. The van der Waals surface area contributed by atoms with E-state index in [0.717, 1.165) is 25.9 Å². The van der Waals surface area contributed by atoms with Gasteiger partial charge in [0, 0.05) is 6.04 Å². The van der Waals surface area contributed by atoms with E-state index in [1.165, 1.54) is 18.4 Å². The lowest BCUT2D eigenvalue weighted by atomic mass is 9.90. The van der Waals surface area contributed by atoms with Gasteiger partial charge >= 0.3 is 0 Å². The zero-order valence-corrected chi connectivity index (χ0v) is 13.4. The quantitative estimate of drug-likeness (QED) is 0.898. The van der Waals surface area contributed by atoms with Crippen molar-refractivity contribution in [2.24, 2.45) is 5.92 Å². The number of halogens is 1. The Bertz CT molecular complexity index is 467. The molecule has 0 spiro atoms. The third-order valence-corrected chi connectivity index (χ3v) is 4.91. The minimum Gasteiger partial charge on any atom is -0.353 e. The standard InChI is InChI=1S/C17H24N2O.ClH/c1-13(14-6-5-11-18-12-14)19-16(20)17(9-10-17)15-7-3-2-4-8-15;/h2-4,7-8,13-14,18H,5-6,9-12H2,1H3,(H,19,20);1H. The van der Waals surface area contributed by atoms with Gasteiger partial charge in [0.2, 0.25) is 5.91 Å². The van der Waals surface area contributed by atoms with Crippen LogP contribution >= 0.6 is 12.4 Å². The molecule has 1 saturated heterocycles. The van der Waals surface area contributed by atoms with Crippen molar-refractivity contribution in [1.29, 1.82) is 0 Å². The lowest BCUT2D eigenvalue weighted by molar-refractivity contribution is -0.124. The van der Waals surface area contributed by atoms with Gasteiger partial charge in [-0.25, -0.2) is 0 Å². The maximum atomic E-state index is 12.6. The van der Waals surface area contributed by atoms with Gasteiger partial charge in [-0.15, -0.1) is 12.4 Å². The molecule has 21 heavy (non-hydrogen) atoms. The molecule has 1 amide bonds. The predicted octanol–water partition coefficient (Wildman–Crippen LogP) is 2.64. The second-order valence-electron chi connectivity index (χ2n) is 6.32. The number of amides is 1. The first-order chi connectivity index (χ1) is 9.72. The fourth-order valence-corrected chi connectivity index (χ4v) is 3.30. The lowest BCUT2D eigenvalue weighted by Crippen LogP contribution is -2.47. The van der Waals surface area contributed by atoms with Crippen LogP contribution in [0, 0.1) is 5.92 Å². The number of rotatable bonds is 4. The highest BCUT2D eigenvalue weighted by Crippen LogP contribution is 2.48. The Labute approximate surface area is 133 Å². The van der Waals surface area contributed by atoms with E-state index in [0.29, 0.717) is 5.92 Å². The van der Waals surface area contributed by atoms with Crippen LogP contribution in [-0.4, -0.2) is 25.0 Å². The van der Waals surface area contributed by atoms with Crippen molar-refractivity contribution < 1.29 is 4.79 Å². The molecule has 1 heterocycles. The molecule has 2 fully saturated rings. The van der Waals surface area contributed by atoms with E-state index in [1.807, 2.05) is 18.2 Å². The summed E-state index contributed by atoms with van der Waals surface area (Å²) in [6.45, 7) is 4.29. The van der Waals surface area contributed by atoms with Crippen molar-refractivity contribution in [2.45, 2.75) is 44.1 Å². The summed E-state index contributed by atoms with van der Waals surface area (Å²) >= 11 is 0. The van der Waals surface area contributed by atoms with Gasteiger partial charge in [0.25, 0.3) is 0 Å². The average Bonchev–Trinajstić information content (AvgIpc) is 3.31. The van der Waals surface area contributed by atoms with E-state index in [9.17, 15) is 4.79 Å². The molecule has 3 nitrogen and oxygen atoms in total. The molecule has 116 valence electrons. The largest absolute Gasteiger partial charge is 0.353 e. The van der Waals surface area contributed by atoms with Crippen LogP contribution in [0.5, 0.6) is 0 Å². The van der Waals surface area contributed by atoms with Gasteiger partial charge in [-0.05, 0) is 57.2 Å². The van der Waals surface area contributed by atoms with Crippen LogP contribution in [0.25, 0.3) is 0 Å².